The van der Waals surface area contributed by atoms with Crippen molar-refractivity contribution in [1.82, 2.24) is 19.9 Å². The van der Waals surface area contributed by atoms with Crippen LogP contribution in [0.25, 0.3) is 0 Å². The molecule has 2 N–H and O–H groups in total. The summed E-state index contributed by atoms with van der Waals surface area (Å²) in [5.41, 5.74) is 2.17. The summed E-state index contributed by atoms with van der Waals surface area (Å²) in [4.78, 5) is 21.2. The Labute approximate surface area is 149 Å². The molecule has 1 saturated heterocycles. The van der Waals surface area contributed by atoms with Crippen molar-refractivity contribution >= 4 is 27.7 Å². The van der Waals surface area contributed by atoms with Crippen LogP contribution in [0.5, 0.6) is 0 Å². The second kappa shape index (κ2) is 5.67. The van der Waals surface area contributed by atoms with Gasteiger partial charge in [-0.15, -0.1) is 0 Å². The Kier molecular flexibility index (Phi) is 3.73. The third-order valence-electron chi connectivity index (χ3n) is 5.08. The van der Waals surface area contributed by atoms with E-state index >= 15 is 0 Å². The monoisotopic (exact) mass is 389 g/mol. The number of aromatic nitrogens is 3. The molecule has 0 radical (unpaired) electrons. The van der Waals surface area contributed by atoms with Crippen LogP contribution in [0.4, 0.5) is 5.82 Å². The molecule has 3 unspecified atom stereocenters. The van der Waals surface area contributed by atoms with Crippen molar-refractivity contribution in [3.8, 4) is 0 Å². The topological polar surface area (TPSA) is 71.8 Å². The summed E-state index contributed by atoms with van der Waals surface area (Å²) in [5.74, 6) is 0.619. The zero-order valence-electron chi connectivity index (χ0n) is 13.7. The minimum Gasteiger partial charge on any atom is -0.337 e. The second-order valence-electron chi connectivity index (χ2n) is 7.02. The molecule has 2 fully saturated rings. The third kappa shape index (κ3) is 2.86. The van der Waals surface area contributed by atoms with Gasteiger partial charge in [0.15, 0.2) is 0 Å². The fourth-order valence-electron chi connectivity index (χ4n) is 3.68. The number of imidazole rings is 1. The minimum absolute atomic E-state index is 0.00270. The quantitative estimate of drug-likeness (QED) is 0.787. The number of nitrogens with zero attached hydrogens (tertiary/aromatic N) is 3. The first-order valence-corrected chi connectivity index (χ1v) is 8.93. The normalized spacial score (nSPS) is 27.8. The third-order valence-corrected chi connectivity index (χ3v) is 5.53. The fraction of sp³-hybridized carbons (Fsp3) is 0.471. The Bertz CT molecular complexity index is 804. The second-order valence-corrected chi connectivity index (χ2v) is 7.83. The van der Waals surface area contributed by atoms with Gasteiger partial charge in [-0.2, -0.15) is 0 Å². The molecule has 1 aliphatic carbocycles. The van der Waals surface area contributed by atoms with Crippen LogP contribution in [0, 0.1) is 19.3 Å². The molecule has 2 aromatic heterocycles. The van der Waals surface area contributed by atoms with E-state index in [9.17, 15) is 4.79 Å². The van der Waals surface area contributed by atoms with Gasteiger partial charge in [0, 0.05) is 24.2 Å². The van der Waals surface area contributed by atoms with Gasteiger partial charge in [0.1, 0.15) is 10.4 Å². The van der Waals surface area contributed by atoms with Crippen LogP contribution in [0.15, 0.2) is 29.3 Å². The highest BCUT2D eigenvalue weighted by Crippen LogP contribution is 2.55. The number of rotatable bonds is 4. The maximum atomic E-state index is 12.6. The van der Waals surface area contributed by atoms with E-state index in [1.165, 1.54) is 0 Å². The number of amides is 1. The molecule has 3 heterocycles. The number of hydrogen-bond acceptors (Lipinski definition) is 4. The van der Waals surface area contributed by atoms with Crippen LogP contribution in [0.2, 0.25) is 0 Å². The molecule has 3 atom stereocenters. The number of carbonyl (C=O) groups excluding carboxylic acids is 1. The average molecular weight is 390 g/mol. The number of hydrogen-bond donors (Lipinski definition) is 2. The number of aryl methyl sites for hydroxylation is 2. The van der Waals surface area contributed by atoms with Crippen molar-refractivity contribution in [2.24, 2.45) is 5.41 Å². The Morgan fingerprint density at radius 1 is 1.46 bits per heavy atom. The molecule has 0 aromatic carbocycles. The molecular formula is C17H20BrN5O. The van der Waals surface area contributed by atoms with E-state index in [4.69, 9.17) is 0 Å². The van der Waals surface area contributed by atoms with Crippen molar-refractivity contribution in [1.29, 1.82) is 0 Å². The summed E-state index contributed by atoms with van der Waals surface area (Å²) in [7, 11) is 0. The zero-order chi connectivity index (χ0) is 16.9. The molecule has 4 rings (SSSR count). The van der Waals surface area contributed by atoms with Gasteiger partial charge < -0.3 is 15.2 Å². The summed E-state index contributed by atoms with van der Waals surface area (Å²) >= 11 is 3.35. The van der Waals surface area contributed by atoms with Crippen LogP contribution >= 0.6 is 15.9 Å². The zero-order valence-corrected chi connectivity index (χ0v) is 15.3. The van der Waals surface area contributed by atoms with Gasteiger partial charge in [-0.1, -0.05) is 6.07 Å². The first-order chi connectivity index (χ1) is 11.4. The highest BCUT2D eigenvalue weighted by Gasteiger charge is 2.61. The first kappa shape index (κ1) is 15.8. The molecule has 1 amide bonds. The predicted molar refractivity (Wildman–Crippen MR) is 94.6 cm³/mol. The van der Waals surface area contributed by atoms with Gasteiger partial charge in [-0.25, -0.2) is 9.97 Å². The van der Waals surface area contributed by atoms with Crippen LogP contribution in [0.1, 0.15) is 24.1 Å². The number of anilines is 1. The minimum atomic E-state index is -0.159. The highest BCUT2D eigenvalue weighted by molar-refractivity contribution is 9.10. The summed E-state index contributed by atoms with van der Waals surface area (Å²) in [6, 6.07) is 4.08. The van der Waals surface area contributed by atoms with Gasteiger partial charge in [-0.05, 0) is 54.2 Å². The van der Waals surface area contributed by atoms with Crippen LogP contribution in [0.3, 0.4) is 0 Å². The maximum absolute atomic E-state index is 12.6. The number of piperidine rings is 1. The SMILES string of the molecule is Cc1cn(CC23CC(C(=O)Nc4nc(Br)ccc4C)NC2C3)cn1. The lowest BCUT2D eigenvalue weighted by molar-refractivity contribution is -0.118. The van der Waals surface area contributed by atoms with E-state index in [2.05, 4.69) is 47.3 Å². The Balaban J connectivity index is 1.42. The molecule has 2 aliphatic rings. The van der Waals surface area contributed by atoms with E-state index in [1.807, 2.05) is 32.3 Å². The lowest BCUT2D eigenvalue weighted by Crippen LogP contribution is -2.38. The molecule has 126 valence electrons. The number of pyridine rings is 1. The van der Waals surface area contributed by atoms with Crippen molar-refractivity contribution in [3.05, 3.63) is 40.5 Å². The summed E-state index contributed by atoms with van der Waals surface area (Å²) in [6.45, 7) is 4.86. The Hall–Kier alpha value is -1.73. The molecule has 1 saturated carbocycles. The lowest BCUT2D eigenvalue weighted by atomic mass is 9.99. The maximum Gasteiger partial charge on any atom is 0.242 e. The molecular weight excluding hydrogens is 370 g/mol. The van der Waals surface area contributed by atoms with E-state index in [-0.39, 0.29) is 17.4 Å². The predicted octanol–water partition coefficient (Wildman–Crippen LogP) is 2.42. The number of fused-ring (bicyclic) bond motifs is 1. The smallest absolute Gasteiger partial charge is 0.242 e. The van der Waals surface area contributed by atoms with E-state index in [0.717, 1.165) is 35.2 Å². The van der Waals surface area contributed by atoms with Crippen molar-refractivity contribution in [2.45, 2.75) is 45.3 Å². The van der Waals surface area contributed by atoms with Crippen LogP contribution in [-0.2, 0) is 11.3 Å². The van der Waals surface area contributed by atoms with Crippen molar-refractivity contribution < 1.29 is 4.79 Å². The van der Waals surface area contributed by atoms with Gasteiger partial charge in [0.2, 0.25) is 5.91 Å². The molecule has 0 bridgehead atoms. The van der Waals surface area contributed by atoms with Gasteiger partial charge in [0.05, 0.1) is 18.1 Å². The van der Waals surface area contributed by atoms with Crippen molar-refractivity contribution in [3.63, 3.8) is 0 Å². The summed E-state index contributed by atoms with van der Waals surface area (Å²) in [6.07, 6.45) is 5.92. The summed E-state index contributed by atoms with van der Waals surface area (Å²) in [5, 5.41) is 6.42. The molecule has 1 aliphatic heterocycles. The van der Waals surface area contributed by atoms with E-state index in [1.54, 1.807) is 0 Å². The number of halogens is 1. The van der Waals surface area contributed by atoms with Gasteiger partial charge in [-0.3, -0.25) is 4.79 Å². The lowest BCUT2D eigenvalue weighted by Gasteiger charge is -2.17. The number of carbonyl (C=O) groups is 1. The van der Waals surface area contributed by atoms with E-state index in [0.29, 0.717) is 11.9 Å². The summed E-state index contributed by atoms with van der Waals surface area (Å²) < 4.78 is 2.86. The van der Waals surface area contributed by atoms with Crippen molar-refractivity contribution in [2.75, 3.05) is 5.32 Å². The first-order valence-electron chi connectivity index (χ1n) is 8.14. The fourth-order valence-corrected chi connectivity index (χ4v) is 3.99. The molecule has 6 nitrogen and oxygen atoms in total. The van der Waals surface area contributed by atoms with Gasteiger partial charge in [0.25, 0.3) is 0 Å². The largest absolute Gasteiger partial charge is 0.337 e. The van der Waals surface area contributed by atoms with E-state index < -0.39 is 0 Å². The van der Waals surface area contributed by atoms with Crippen LogP contribution in [-0.4, -0.2) is 32.5 Å². The standard InChI is InChI=1S/C17H20BrN5O/c1-10-3-4-14(18)21-15(10)22-16(24)12-5-17(6-13(17)20-12)8-23-7-11(2)19-9-23/h3-4,7,9,12-13,20H,5-6,8H2,1-2H3,(H,21,22,24). The van der Waals surface area contributed by atoms with Gasteiger partial charge >= 0.3 is 0 Å². The molecule has 2 aromatic rings. The van der Waals surface area contributed by atoms with Crippen LogP contribution < -0.4 is 10.6 Å². The number of nitrogens with one attached hydrogen (secondary N) is 2. The molecule has 24 heavy (non-hydrogen) atoms. The average Bonchev–Trinajstić information content (AvgIpc) is 2.86. The molecule has 7 heteroatoms. The Morgan fingerprint density at radius 3 is 3.04 bits per heavy atom. The highest BCUT2D eigenvalue weighted by atomic mass is 79.9. The Morgan fingerprint density at radius 2 is 2.29 bits per heavy atom. The molecule has 0 spiro atoms.